The van der Waals surface area contributed by atoms with Crippen molar-refractivity contribution in [1.82, 2.24) is 24.9 Å². The van der Waals surface area contributed by atoms with E-state index >= 15 is 0 Å². The van der Waals surface area contributed by atoms with Gasteiger partial charge in [-0.25, -0.2) is 0 Å². The van der Waals surface area contributed by atoms with Gasteiger partial charge in [-0.2, -0.15) is 13.2 Å². The van der Waals surface area contributed by atoms with E-state index in [1.165, 1.54) is 18.2 Å². The number of hydrogen-bond acceptors (Lipinski definition) is 10. The van der Waals surface area contributed by atoms with Crippen LogP contribution in [0.2, 0.25) is 0 Å². The SMILES string of the molecule is O=CCN1CCN(CC=O)CCN(C(CCCNC(=O)c2ccccc2Nc2cccc(C(F)(F)F)c2)C(=O)O)CCN(CC(=O)O)CC1. The van der Waals surface area contributed by atoms with Crippen LogP contribution >= 0.6 is 0 Å². The van der Waals surface area contributed by atoms with E-state index in [1.807, 2.05) is 9.80 Å². The molecule has 0 bridgehead atoms. The van der Waals surface area contributed by atoms with Gasteiger partial charge in [-0.15, -0.1) is 0 Å². The average molecular weight is 693 g/mol. The first-order chi connectivity index (χ1) is 23.4. The van der Waals surface area contributed by atoms with Crippen LogP contribution in [0.15, 0.2) is 48.5 Å². The molecular formula is C33H43F3N6O7. The van der Waals surface area contributed by atoms with E-state index in [9.17, 15) is 47.4 Å². The lowest BCUT2D eigenvalue weighted by molar-refractivity contribution is -0.144. The maximum atomic E-state index is 13.2. The lowest BCUT2D eigenvalue weighted by atomic mass is 10.1. The first-order valence-electron chi connectivity index (χ1n) is 16.0. The number of hydrogen-bond donors (Lipinski definition) is 4. The number of aldehydes is 2. The summed E-state index contributed by atoms with van der Waals surface area (Å²) in [5.74, 6) is -2.61. The lowest BCUT2D eigenvalue weighted by Gasteiger charge is -2.35. The highest BCUT2D eigenvalue weighted by molar-refractivity contribution is 6.00. The Morgan fingerprint density at radius 1 is 0.816 bits per heavy atom. The van der Waals surface area contributed by atoms with Crippen molar-refractivity contribution in [2.24, 2.45) is 0 Å². The number of amides is 1. The van der Waals surface area contributed by atoms with Gasteiger partial charge in [0.1, 0.15) is 18.6 Å². The zero-order chi connectivity index (χ0) is 35.8. The fourth-order valence-corrected chi connectivity index (χ4v) is 5.56. The van der Waals surface area contributed by atoms with Crippen molar-refractivity contribution < 1.29 is 47.4 Å². The van der Waals surface area contributed by atoms with Gasteiger partial charge in [0.2, 0.25) is 0 Å². The van der Waals surface area contributed by atoms with Gasteiger partial charge in [0.05, 0.1) is 36.4 Å². The van der Waals surface area contributed by atoms with Crippen molar-refractivity contribution in [3.63, 3.8) is 0 Å². The summed E-state index contributed by atoms with van der Waals surface area (Å²) in [5.41, 5.74) is -0.199. The van der Waals surface area contributed by atoms with Crippen LogP contribution < -0.4 is 10.6 Å². The molecule has 1 aliphatic rings. The molecule has 49 heavy (non-hydrogen) atoms. The molecule has 1 aliphatic heterocycles. The van der Waals surface area contributed by atoms with Crippen LogP contribution in [0.5, 0.6) is 0 Å². The molecule has 0 saturated carbocycles. The fourth-order valence-electron chi connectivity index (χ4n) is 5.56. The van der Waals surface area contributed by atoms with Crippen LogP contribution in [-0.4, -0.2) is 145 Å². The summed E-state index contributed by atoms with van der Waals surface area (Å²) in [6.07, 6.45) is -2.56. The van der Waals surface area contributed by atoms with Crippen molar-refractivity contribution in [2.75, 3.05) is 83.9 Å². The van der Waals surface area contributed by atoms with E-state index in [1.54, 1.807) is 28.0 Å². The van der Waals surface area contributed by atoms with Crippen LogP contribution in [0.4, 0.5) is 24.5 Å². The number of aliphatic carboxylic acids is 2. The predicted molar refractivity (Wildman–Crippen MR) is 175 cm³/mol. The van der Waals surface area contributed by atoms with Crippen molar-refractivity contribution >= 4 is 41.8 Å². The summed E-state index contributed by atoms with van der Waals surface area (Å²) in [4.78, 5) is 66.9. The van der Waals surface area contributed by atoms with Gasteiger partial charge < -0.3 is 30.4 Å². The molecule has 13 nitrogen and oxygen atoms in total. The Kier molecular flexibility index (Phi) is 15.6. The maximum absolute atomic E-state index is 13.2. The molecular weight excluding hydrogens is 649 g/mol. The molecule has 0 aliphatic carbocycles. The number of carboxylic acid groups (broad SMARTS) is 2. The van der Waals surface area contributed by atoms with Gasteiger partial charge in [-0.05, 0) is 43.2 Å². The topological polar surface area (TPSA) is 163 Å². The van der Waals surface area contributed by atoms with E-state index in [4.69, 9.17) is 0 Å². The molecule has 3 rings (SSSR count). The highest BCUT2D eigenvalue weighted by atomic mass is 19.4. The van der Waals surface area contributed by atoms with Crippen LogP contribution in [0.1, 0.15) is 28.8 Å². The molecule has 0 radical (unpaired) electrons. The number of nitrogens with one attached hydrogen (secondary N) is 2. The summed E-state index contributed by atoms with van der Waals surface area (Å²) in [5, 5.41) is 25.3. The molecule has 1 atom stereocenters. The van der Waals surface area contributed by atoms with Crippen LogP contribution in [0, 0.1) is 0 Å². The highest BCUT2D eigenvalue weighted by Crippen LogP contribution is 2.32. The van der Waals surface area contributed by atoms with Crippen molar-refractivity contribution in [1.29, 1.82) is 0 Å². The van der Waals surface area contributed by atoms with Crippen molar-refractivity contribution in [3.05, 3.63) is 59.7 Å². The standard InChI is InChI=1S/C33H43F3N6O7/c34-33(35,36)25-5-3-6-26(23-25)38-28-8-2-1-7-27(28)31(47)37-10-4-9-29(32(48)49)42-17-15-40(20-22-44)12-11-39(19-21-43)13-14-41(16-18-42)24-30(45)46/h1-3,5-8,21-23,29,38H,4,9-20,24H2,(H,37,47)(H,45,46)(H,48,49). The van der Waals surface area contributed by atoms with E-state index < -0.39 is 35.6 Å². The number of rotatable bonds is 15. The number of nitrogens with zero attached hydrogens (tertiary/aromatic N) is 4. The minimum Gasteiger partial charge on any atom is -0.480 e. The maximum Gasteiger partial charge on any atom is 0.416 e. The van der Waals surface area contributed by atoms with Crippen molar-refractivity contribution in [2.45, 2.75) is 25.1 Å². The molecule has 16 heteroatoms. The fraction of sp³-hybridized carbons (Fsp3) is 0.485. The Morgan fingerprint density at radius 3 is 2.00 bits per heavy atom. The third-order valence-electron chi connectivity index (χ3n) is 8.20. The number of para-hydroxylation sites is 1. The third-order valence-corrected chi connectivity index (χ3v) is 8.20. The zero-order valence-corrected chi connectivity index (χ0v) is 27.1. The number of carboxylic acids is 2. The highest BCUT2D eigenvalue weighted by Gasteiger charge is 2.31. The summed E-state index contributed by atoms with van der Waals surface area (Å²) >= 11 is 0. The van der Waals surface area contributed by atoms with Crippen molar-refractivity contribution in [3.8, 4) is 0 Å². The van der Waals surface area contributed by atoms with Gasteiger partial charge in [-0.3, -0.25) is 34.0 Å². The summed E-state index contributed by atoms with van der Waals surface area (Å²) in [6.45, 7) is 2.96. The molecule has 1 saturated heterocycles. The number of anilines is 2. The van der Waals surface area contributed by atoms with Gasteiger partial charge in [-0.1, -0.05) is 18.2 Å². The zero-order valence-electron chi connectivity index (χ0n) is 27.1. The van der Waals surface area contributed by atoms with E-state index in [0.717, 1.165) is 24.7 Å². The van der Waals surface area contributed by atoms with E-state index in [-0.39, 0.29) is 69.9 Å². The van der Waals surface area contributed by atoms with Gasteiger partial charge in [0, 0.05) is 64.6 Å². The normalized spacial score (nSPS) is 16.9. The molecule has 268 valence electrons. The van der Waals surface area contributed by atoms with Crippen LogP contribution in [0.3, 0.4) is 0 Å². The van der Waals surface area contributed by atoms with Crippen LogP contribution in [0.25, 0.3) is 0 Å². The minimum atomic E-state index is -4.53. The average Bonchev–Trinajstić information content (AvgIpc) is 3.04. The lowest BCUT2D eigenvalue weighted by Crippen LogP contribution is -2.51. The summed E-state index contributed by atoms with van der Waals surface area (Å²) < 4.78 is 39.5. The van der Waals surface area contributed by atoms with E-state index in [2.05, 4.69) is 10.6 Å². The third kappa shape index (κ3) is 13.2. The molecule has 0 aromatic heterocycles. The monoisotopic (exact) mass is 692 g/mol. The smallest absolute Gasteiger partial charge is 0.416 e. The Morgan fingerprint density at radius 2 is 1.41 bits per heavy atom. The number of alkyl halides is 3. The molecule has 0 spiro atoms. The first-order valence-corrected chi connectivity index (χ1v) is 16.0. The van der Waals surface area contributed by atoms with E-state index in [0.29, 0.717) is 38.4 Å². The number of carbonyl (C=O) groups is 5. The Hall–Kier alpha value is -4.38. The number of benzene rings is 2. The second kappa shape index (κ2) is 19.6. The second-order valence-corrected chi connectivity index (χ2v) is 11.6. The first kappa shape index (κ1) is 39.1. The quantitative estimate of drug-likeness (QED) is 0.159. The molecule has 1 unspecified atom stereocenters. The summed E-state index contributed by atoms with van der Waals surface area (Å²) in [6, 6.07) is 9.98. The molecule has 2 aromatic rings. The number of carbonyl (C=O) groups excluding carboxylic acids is 3. The molecule has 1 heterocycles. The Balaban J connectivity index is 1.67. The van der Waals surface area contributed by atoms with Gasteiger partial charge in [0.25, 0.3) is 5.91 Å². The largest absolute Gasteiger partial charge is 0.480 e. The molecule has 2 aromatic carbocycles. The molecule has 4 N–H and O–H groups in total. The van der Waals surface area contributed by atoms with Gasteiger partial charge >= 0.3 is 18.1 Å². The second-order valence-electron chi connectivity index (χ2n) is 11.6. The predicted octanol–water partition coefficient (Wildman–Crippen LogP) is 2.12. The minimum absolute atomic E-state index is 0.114. The molecule has 1 fully saturated rings. The number of halogens is 3. The Bertz CT molecular complexity index is 1410. The molecule has 1 amide bonds. The van der Waals surface area contributed by atoms with Crippen LogP contribution in [-0.2, 0) is 25.4 Å². The van der Waals surface area contributed by atoms with Gasteiger partial charge in [0.15, 0.2) is 0 Å². The summed E-state index contributed by atoms with van der Waals surface area (Å²) in [7, 11) is 0. The Labute approximate surface area is 282 Å².